The van der Waals surface area contributed by atoms with Crippen LogP contribution < -0.4 is 16.3 Å². The first-order chi connectivity index (χ1) is 8.26. The highest BCUT2D eigenvalue weighted by Crippen LogP contribution is 2.52. The van der Waals surface area contributed by atoms with Gasteiger partial charge in [0.05, 0.1) is 0 Å². The van der Waals surface area contributed by atoms with Gasteiger partial charge >= 0.3 is 18.0 Å². The fourth-order valence-electron chi connectivity index (χ4n) is 1.17. The third-order valence-electron chi connectivity index (χ3n) is 2.16. The normalized spacial score (nSPS) is 13.8. The van der Waals surface area contributed by atoms with Gasteiger partial charge in [-0.3, -0.25) is 14.4 Å². The summed E-state index contributed by atoms with van der Waals surface area (Å²) >= 11 is 0. The molecular formula is C8HF7O4. The zero-order chi connectivity index (χ0) is 15.4. The van der Waals surface area contributed by atoms with Gasteiger partial charge < -0.3 is 5.11 Å². The molecule has 11 heteroatoms. The van der Waals surface area contributed by atoms with Gasteiger partial charge in [0.15, 0.2) is 5.75 Å². The first-order valence-corrected chi connectivity index (χ1v) is 4.16. The van der Waals surface area contributed by atoms with Gasteiger partial charge in [0.2, 0.25) is 5.43 Å². The second-order valence-corrected chi connectivity index (χ2v) is 3.36. The molecule has 0 saturated heterocycles. The molecule has 0 fully saturated rings. The van der Waals surface area contributed by atoms with Crippen LogP contribution in [0, 0.1) is 0 Å². The van der Waals surface area contributed by atoms with Gasteiger partial charge in [0.1, 0.15) is 5.56 Å². The minimum atomic E-state index is -6.77. The molecule has 0 spiro atoms. The molecule has 1 rings (SSSR count). The van der Waals surface area contributed by atoms with Crippen molar-refractivity contribution in [3.05, 3.63) is 36.2 Å². The molecule has 0 amide bonds. The van der Waals surface area contributed by atoms with Gasteiger partial charge in [-0.05, 0) is 0 Å². The Morgan fingerprint density at radius 1 is 0.737 bits per heavy atom. The number of halogens is 7. The first-order valence-electron chi connectivity index (χ1n) is 4.16. The zero-order valence-corrected chi connectivity index (χ0v) is 8.32. The van der Waals surface area contributed by atoms with Gasteiger partial charge in [-0.2, -0.15) is 30.7 Å². The van der Waals surface area contributed by atoms with E-state index in [1.807, 2.05) is 0 Å². The highest BCUT2D eigenvalue weighted by molar-refractivity contribution is 5.39. The molecule has 4 nitrogen and oxygen atoms in total. The van der Waals surface area contributed by atoms with E-state index in [1.54, 1.807) is 0 Å². The molecule has 0 aliphatic heterocycles. The summed E-state index contributed by atoms with van der Waals surface area (Å²) in [5.41, 5.74) is -10.0. The molecule has 0 radical (unpaired) electrons. The lowest BCUT2D eigenvalue weighted by Crippen LogP contribution is -2.51. The number of hydrogen-bond acceptors (Lipinski definition) is 4. The predicted octanol–water partition coefficient (Wildman–Crippen LogP) is 0.638. The van der Waals surface area contributed by atoms with E-state index in [0.29, 0.717) is 0 Å². The van der Waals surface area contributed by atoms with Crippen molar-refractivity contribution < 1.29 is 35.8 Å². The molecule has 0 aromatic heterocycles. The standard InChI is InChI=1S/C8HF7O4/c9-6(10,7(11,12)8(13,14)15)1-2(16)4(18)5(19)3(1)17/h16H. The van der Waals surface area contributed by atoms with Crippen molar-refractivity contribution >= 4 is 0 Å². The molecule has 0 saturated carbocycles. The van der Waals surface area contributed by atoms with E-state index in [1.165, 1.54) is 0 Å². The summed E-state index contributed by atoms with van der Waals surface area (Å²) in [5, 5.41) is 8.67. The molecule has 1 aromatic carbocycles. The second-order valence-electron chi connectivity index (χ2n) is 3.36. The Bertz CT molecular complexity index is 650. The maximum atomic E-state index is 13.0. The third kappa shape index (κ3) is 1.79. The summed E-state index contributed by atoms with van der Waals surface area (Å²) in [4.78, 5) is 32.0. The van der Waals surface area contributed by atoms with Crippen molar-refractivity contribution in [2.24, 2.45) is 0 Å². The Morgan fingerprint density at radius 3 is 1.42 bits per heavy atom. The molecule has 1 N–H and O–H groups in total. The Labute approximate surface area is 97.0 Å². The smallest absolute Gasteiger partial charge is 0.460 e. The fraction of sp³-hybridized carbons (Fsp3) is 0.375. The lowest BCUT2D eigenvalue weighted by Gasteiger charge is -2.27. The lowest BCUT2D eigenvalue weighted by atomic mass is 10.0. The van der Waals surface area contributed by atoms with E-state index in [9.17, 15) is 45.1 Å². The lowest BCUT2D eigenvalue weighted by molar-refractivity contribution is -0.359. The Balaban J connectivity index is 3.72. The average molecular weight is 294 g/mol. The number of aromatic hydroxyl groups is 1. The van der Waals surface area contributed by atoms with Crippen molar-refractivity contribution in [3.63, 3.8) is 0 Å². The van der Waals surface area contributed by atoms with E-state index < -0.39 is 45.6 Å². The highest BCUT2D eigenvalue weighted by atomic mass is 19.4. The molecule has 0 unspecified atom stereocenters. The van der Waals surface area contributed by atoms with Crippen LogP contribution in [0.4, 0.5) is 30.7 Å². The number of alkyl halides is 7. The van der Waals surface area contributed by atoms with E-state index in [2.05, 4.69) is 0 Å². The van der Waals surface area contributed by atoms with Crippen molar-refractivity contribution in [1.82, 2.24) is 0 Å². The largest absolute Gasteiger partial charge is 0.504 e. The maximum Gasteiger partial charge on any atom is 0.460 e. The van der Waals surface area contributed by atoms with Gasteiger partial charge in [0, 0.05) is 0 Å². The van der Waals surface area contributed by atoms with E-state index in [0.717, 1.165) is 0 Å². The Kier molecular flexibility index (Phi) is 3.00. The van der Waals surface area contributed by atoms with E-state index in [-0.39, 0.29) is 0 Å². The van der Waals surface area contributed by atoms with Crippen molar-refractivity contribution in [2.45, 2.75) is 18.0 Å². The van der Waals surface area contributed by atoms with Crippen LogP contribution in [0.2, 0.25) is 0 Å². The molecule has 0 aliphatic rings. The quantitative estimate of drug-likeness (QED) is 0.642. The van der Waals surface area contributed by atoms with Crippen LogP contribution in [0.15, 0.2) is 14.4 Å². The summed E-state index contributed by atoms with van der Waals surface area (Å²) in [7, 11) is 0. The van der Waals surface area contributed by atoms with Crippen LogP contribution in [0.1, 0.15) is 5.56 Å². The fourth-order valence-corrected chi connectivity index (χ4v) is 1.17. The van der Waals surface area contributed by atoms with E-state index >= 15 is 0 Å². The molecule has 0 aliphatic carbocycles. The van der Waals surface area contributed by atoms with Crippen LogP contribution in [0.3, 0.4) is 0 Å². The Morgan fingerprint density at radius 2 is 1.16 bits per heavy atom. The van der Waals surface area contributed by atoms with Crippen LogP contribution in [0.5, 0.6) is 5.75 Å². The van der Waals surface area contributed by atoms with Crippen molar-refractivity contribution in [3.8, 4) is 5.75 Å². The van der Waals surface area contributed by atoms with Gasteiger partial charge in [-0.1, -0.05) is 0 Å². The zero-order valence-electron chi connectivity index (χ0n) is 8.32. The molecule has 0 atom stereocenters. The summed E-state index contributed by atoms with van der Waals surface area (Å²) < 4.78 is 86.7. The van der Waals surface area contributed by atoms with Gasteiger partial charge in [0.25, 0.3) is 10.9 Å². The monoisotopic (exact) mass is 294 g/mol. The topological polar surface area (TPSA) is 71.4 Å². The third-order valence-corrected chi connectivity index (χ3v) is 2.16. The SMILES string of the molecule is O=c1c(O)c(C(F)(F)C(F)(F)C(F)(F)F)c(=O)c1=O. The van der Waals surface area contributed by atoms with Crippen LogP contribution >= 0.6 is 0 Å². The second kappa shape index (κ2) is 3.78. The van der Waals surface area contributed by atoms with Crippen LogP contribution in [0.25, 0.3) is 0 Å². The number of hydrogen-bond donors (Lipinski definition) is 1. The van der Waals surface area contributed by atoms with Gasteiger partial charge in [-0.15, -0.1) is 0 Å². The average Bonchev–Trinajstić information content (AvgIpc) is 2.41. The summed E-state index contributed by atoms with van der Waals surface area (Å²) in [6.45, 7) is 0. The van der Waals surface area contributed by atoms with Crippen LogP contribution in [-0.4, -0.2) is 17.2 Å². The molecule has 0 heterocycles. The molecule has 106 valence electrons. The molecule has 0 bridgehead atoms. The predicted molar refractivity (Wildman–Crippen MR) is 44.2 cm³/mol. The van der Waals surface area contributed by atoms with Gasteiger partial charge in [-0.25, -0.2) is 0 Å². The Hall–Kier alpha value is -1.94. The van der Waals surface area contributed by atoms with Crippen molar-refractivity contribution in [2.75, 3.05) is 0 Å². The molecular weight excluding hydrogens is 293 g/mol. The summed E-state index contributed by atoms with van der Waals surface area (Å²) in [5.74, 6) is -15.4. The molecule has 19 heavy (non-hydrogen) atoms. The highest BCUT2D eigenvalue weighted by Gasteiger charge is 2.75. The van der Waals surface area contributed by atoms with Crippen molar-refractivity contribution in [1.29, 1.82) is 0 Å². The minimum Gasteiger partial charge on any atom is -0.504 e. The first kappa shape index (κ1) is 15.1. The van der Waals surface area contributed by atoms with Crippen LogP contribution in [-0.2, 0) is 5.92 Å². The minimum absolute atomic E-state index is 2.27. The summed E-state index contributed by atoms with van der Waals surface area (Å²) in [6, 6.07) is 0. The molecule has 1 aromatic rings. The van der Waals surface area contributed by atoms with E-state index in [4.69, 9.17) is 5.11 Å². The summed E-state index contributed by atoms with van der Waals surface area (Å²) in [6.07, 6.45) is -6.77. The maximum absolute atomic E-state index is 13.0. The number of rotatable bonds is 2.